The minimum atomic E-state index is 1.10. The van der Waals surface area contributed by atoms with Crippen molar-refractivity contribution in [2.75, 3.05) is 0 Å². The molecule has 51 valence electrons. The fraction of sp³-hybridized carbons (Fsp3) is 0. The van der Waals surface area contributed by atoms with Gasteiger partial charge in [0.2, 0.25) is 0 Å². The summed E-state index contributed by atoms with van der Waals surface area (Å²) in [5.41, 5.74) is 1.10. The fourth-order valence-corrected chi connectivity index (χ4v) is 3.02. The minimum absolute atomic E-state index is 1.10. The highest BCUT2D eigenvalue weighted by atomic mass is 79.9. The van der Waals surface area contributed by atoms with Gasteiger partial charge in [-0.2, -0.15) is 0 Å². The second-order valence-corrected chi connectivity index (χ2v) is 4.66. The highest BCUT2D eigenvalue weighted by molar-refractivity contribution is 9.10. The molecule has 0 fully saturated rings. The minimum Gasteiger partial charge on any atom is -0.204 e. The molecular weight excluding hydrogens is 230 g/mol. The zero-order chi connectivity index (χ0) is 6.97. The van der Waals surface area contributed by atoms with Crippen molar-refractivity contribution in [2.24, 2.45) is 0 Å². The van der Waals surface area contributed by atoms with E-state index in [-0.39, 0.29) is 0 Å². The van der Waals surface area contributed by atoms with Gasteiger partial charge in [0.25, 0.3) is 0 Å². The third kappa shape index (κ3) is 1.15. The van der Waals surface area contributed by atoms with Gasteiger partial charge in [0.1, 0.15) is 0 Å². The van der Waals surface area contributed by atoms with Crippen LogP contribution in [0, 0.1) is 0 Å². The highest BCUT2D eigenvalue weighted by Gasteiger charge is 2.12. The van der Waals surface area contributed by atoms with E-state index in [0.29, 0.717) is 0 Å². The molecule has 0 bridgehead atoms. The Morgan fingerprint density at radius 1 is 1.40 bits per heavy atom. The summed E-state index contributed by atoms with van der Waals surface area (Å²) >= 11 is 3.40. The van der Waals surface area contributed by atoms with Crippen molar-refractivity contribution in [3.63, 3.8) is 0 Å². The van der Waals surface area contributed by atoms with Crippen molar-refractivity contribution < 1.29 is 0 Å². The first-order chi connectivity index (χ1) is 4.86. The number of hydrogen-bond donors (Lipinski definition) is 0. The Labute approximate surface area is 75.6 Å². The third-order valence-corrected chi connectivity index (χ3v) is 3.52. The Morgan fingerprint density at radius 3 is 3.20 bits per heavy atom. The molecular formula is C6H3BrNS2. The van der Waals surface area contributed by atoms with E-state index in [4.69, 9.17) is 0 Å². The lowest BCUT2D eigenvalue weighted by Crippen LogP contribution is -1.75. The van der Waals surface area contributed by atoms with Crippen LogP contribution in [-0.4, -0.2) is 0 Å². The molecule has 1 aromatic rings. The summed E-state index contributed by atoms with van der Waals surface area (Å²) in [5, 5.41) is 0. The van der Waals surface area contributed by atoms with Gasteiger partial charge in [0.05, 0.1) is 5.69 Å². The first kappa shape index (κ1) is 6.88. The molecule has 1 aliphatic heterocycles. The summed E-state index contributed by atoms with van der Waals surface area (Å²) in [6, 6.07) is 6.12. The molecule has 0 amide bonds. The van der Waals surface area contributed by atoms with Gasteiger partial charge in [-0.25, -0.2) is 4.72 Å². The van der Waals surface area contributed by atoms with Crippen LogP contribution in [0.15, 0.2) is 27.6 Å². The van der Waals surface area contributed by atoms with Crippen molar-refractivity contribution in [1.29, 1.82) is 0 Å². The van der Waals surface area contributed by atoms with E-state index in [9.17, 15) is 0 Å². The van der Waals surface area contributed by atoms with E-state index < -0.39 is 0 Å². The Balaban J connectivity index is 2.52. The quantitative estimate of drug-likeness (QED) is 0.503. The van der Waals surface area contributed by atoms with Gasteiger partial charge in [0, 0.05) is 20.3 Å². The average Bonchev–Trinajstić information content (AvgIpc) is 2.33. The largest absolute Gasteiger partial charge is 0.204 e. The molecule has 1 radical (unpaired) electrons. The van der Waals surface area contributed by atoms with E-state index in [0.717, 1.165) is 10.2 Å². The van der Waals surface area contributed by atoms with Gasteiger partial charge in [-0.05, 0) is 29.0 Å². The number of nitrogens with zero attached hydrogens (tertiary/aromatic N) is 1. The predicted molar refractivity (Wildman–Crippen MR) is 49.4 cm³/mol. The van der Waals surface area contributed by atoms with Gasteiger partial charge >= 0.3 is 0 Å². The second-order valence-electron chi connectivity index (χ2n) is 1.86. The summed E-state index contributed by atoms with van der Waals surface area (Å²) in [5.74, 6) is 0. The molecule has 4 heteroatoms. The molecule has 0 atom stereocenters. The molecule has 0 saturated heterocycles. The standard InChI is InChI=1S/C6H3BrNS2/c7-4-1-2-5-6(3-4)9-10-8-5/h1-3H. The highest BCUT2D eigenvalue weighted by Crippen LogP contribution is 2.45. The van der Waals surface area contributed by atoms with E-state index in [2.05, 4.69) is 26.7 Å². The van der Waals surface area contributed by atoms with Crippen LogP contribution in [-0.2, 0) is 0 Å². The van der Waals surface area contributed by atoms with Crippen molar-refractivity contribution in [2.45, 2.75) is 4.90 Å². The smallest absolute Gasteiger partial charge is 0.0868 e. The van der Waals surface area contributed by atoms with Gasteiger partial charge in [0.15, 0.2) is 0 Å². The molecule has 0 saturated carbocycles. The Hall–Kier alpha value is 0.200. The summed E-state index contributed by atoms with van der Waals surface area (Å²) in [4.78, 5) is 1.25. The number of halogens is 1. The topological polar surface area (TPSA) is 14.1 Å². The summed E-state index contributed by atoms with van der Waals surface area (Å²) in [6.07, 6.45) is 0. The van der Waals surface area contributed by atoms with Gasteiger partial charge in [-0.3, -0.25) is 0 Å². The molecule has 1 aliphatic rings. The monoisotopic (exact) mass is 232 g/mol. The Morgan fingerprint density at radius 2 is 2.30 bits per heavy atom. The summed E-state index contributed by atoms with van der Waals surface area (Å²) in [7, 11) is 3.23. The molecule has 1 heterocycles. The van der Waals surface area contributed by atoms with Gasteiger partial charge < -0.3 is 0 Å². The lowest BCUT2D eigenvalue weighted by atomic mass is 10.3. The Kier molecular flexibility index (Phi) is 1.84. The molecule has 1 nitrogen and oxygen atoms in total. The van der Waals surface area contributed by atoms with E-state index in [1.807, 2.05) is 12.1 Å². The molecule has 0 aliphatic carbocycles. The molecule has 0 unspecified atom stereocenters. The predicted octanol–water partition coefficient (Wildman–Crippen LogP) is 3.35. The zero-order valence-electron chi connectivity index (χ0n) is 4.87. The van der Waals surface area contributed by atoms with Crippen molar-refractivity contribution in [3.8, 4) is 0 Å². The maximum atomic E-state index is 4.20. The fourth-order valence-electron chi connectivity index (χ4n) is 0.729. The van der Waals surface area contributed by atoms with Crippen molar-refractivity contribution in [3.05, 3.63) is 22.7 Å². The van der Waals surface area contributed by atoms with Crippen molar-refractivity contribution in [1.82, 2.24) is 4.72 Å². The Bertz CT molecular complexity index is 264. The van der Waals surface area contributed by atoms with E-state index in [1.165, 1.54) is 15.9 Å². The lowest BCUT2D eigenvalue weighted by molar-refractivity contribution is 1.30. The maximum absolute atomic E-state index is 4.20. The van der Waals surface area contributed by atoms with Crippen molar-refractivity contribution >= 4 is 43.4 Å². The number of benzene rings is 1. The first-order valence-electron chi connectivity index (χ1n) is 2.70. The van der Waals surface area contributed by atoms with Crippen LogP contribution in [0.1, 0.15) is 0 Å². The van der Waals surface area contributed by atoms with Gasteiger partial charge in [-0.1, -0.05) is 15.9 Å². The number of rotatable bonds is 0. The molecule has 0 N–H and O–H groups in total. The van der Waals surface area contributed by atoms with Crippen LogP contribution in [0.2, 0.25) is 0 Å². The van der Waals surface area contributed by atoms with Crippen LogP contribution < -0.4 is 4.72 Å². The van der Waals surface area contributed by atoms with Crippen LogP contribution >= 0.6 is 37.7 Å². The zero-order valence-corrected chi connectivity index (χ0v) is 8.09. The number of fused-ring (bicyclic) bond motifs is 1. The number of hydrogen-bond acceptors (Lipinski definition) is 2. The molecule has 0 aromatic heterocycles. The average molecular weight is 233 g/mol. The lowest BCUT2D eigenvalue weighted by Gasteiger charge is -1.93. The van der Waals surface area contributed by atoms with Gasteiger partial charge in [-0.15, -0.1) is 0 Å². The van der Waals surface area contributed by atoms with Crippen LogP contribution in [0.3, 0.4) is 0 Å². The SMILES string of the molecule is Brc1ccc2c(c1)SS[N]2. The molecule has 2 rings (SSSR count). The van der Waals surface area contributed by atoms with Crippen LogP contribution in [0.5, 0.6) is 0 Å². The van der Waals surface area contributed by atoms with Crippen LogP contribution in [0.4, 0.5) is 5.69 Å². The first-order valence-corrected chi connectivity index (χ1v) is 5.60. The third-order valence-electron chi connectivity index (χ3n) is 1.18. The molecule has 0 spiro atoms. The summed E-state index contributed by atoms with van der Waals surface area (Å²) in [6.45, 7) is 0. The van der Waals surface area contributed by atoms with E-state index >= 15 is 0 Å². The molecule has 1 aromatic carbocycles. The van der Waals surface area contributed by atoms with E-state index in [1.54, 1.807) is 10.8 Å². The molecule has 10 heavy (non-hydrogen) atoms. The van der Waals surface area contributed by atoms with Crippen LogP contribution in [0.25, 0.3) is 0 Å². The normalized spacial score (nSPS) is 14.5. The summed E-state index contributed by atoms with van der Waals surface area (Å²) < 4.78 is 5.32. The maximum Gasteiger partial charge on any atom is 0.0868 e. The second kappa shape index (κ2) is 2.68.